The van der Waals surface area contributed by atoms with Crippen LogP contribution >= 0.6 is 0 Å². The average molecular weight is 286 g/mol. The molecule has 0 aliphatic heterocycles. The normalized spacial score (nSPS) is 9.00. The van der Waals surface area contributed by atoms with Crippen molar-refractivity contribution in [1.29, 1.82) is 0 Å². The zero-order valence-corrected chi connectivity index (χ0v) is 12.4. The van der Waals surface area contributed by atoms with E-state index < -0.39 is 11.6 Å². The van der Waals surface area contributed by atoms with Crippen LogP contribution in [0.3, 0.4) is 0 Å². The highest BCUT2D eigenvalue weighted by molar-refractivity contribution is 6.49. The maximum absolute atomic E-state index is 11.6. The third kappa shape index (κ3) is 4.47. The van der Waals surface area contributed by atoms with Gasteiger partial charge in [0.1, 0.15) is 0 Å². The summed E-state index contributed by atoms with van der Waals surface area (Å²) in [6, 6.07) is 14.8. The molecule has 2 aromatic carbocycles. The maximum atomic E-state index is 11.6. The Morgan fingerprint density at radius 2 is 0.955 bits per heavy atom. The van der Waals surface area contributed by atoms with Gasteiger partial charge in [-0.15, -0.1) is 0 Å². The van der Waals surface area contributed by atoms with Crippen LogP contribution in [-0.4, -0.2) is 11.6 Å². The zero-order chi connectivity index (χ0) is 15.9. The Morgan fingerprint density at radius 3 is 1.27 bits per heavy atom. The van der Waals surface area contributed by atoms with Crippen LogP contribution in [0.2, 0.25) is 0 Å². The van der Waals surface area contributed by atoms with E-state index in [-0.39, 0.29) is 0 Å². The quantitative estimate of drug-likeness (QED) is 0.597. The molecule has 2 aromatic rings. The largest absolute Gasteiger partial charge is 0.285 e. The molecule has 0 radical (unpaired) electrons. The third-order valence-electron chi connectivity index (χ3n) is 2.95. The Morgan fingerprint density at radius 1 is 0.636 bits per heavy atom. The first-order chi connectivity index (χ1) is 10.5. The van der Waals surface area contributed by atoms with Crippen molar-refractivity contribution in [2.24, 2.45) is 0 Å². The van der Waals surface area contributed by atoms with E-state index in [0.29, 0.717) is 11.1 Å². The summed E-state index contributed by atoms with van der Waals surface area (Å²) in [4.78, 5) is 23.3. The molecule has 0 saturated heterocycles. The number of hydrogen-bond donors (Lipinski definition) is 0. The van der Waals surface area contributed by atoms with Gasteiger partial charge in [-0.05, 0) is 50.0 Å². The SMILES string of the molecule is Cc1ccc(C#CC(=O)C(=O)C#Cc2ccc(C)cc2)cc1. The number of carbonyl (C=O) groups excluding carboxylic acids is 2. The Labute approximate surface area is 130 Å². The molecule has 0 spiro atoms. The molecule has 0 unspecified atom stereocenters. The molecule has 0 amide bonds. The lowest BCUT2D eigenvalue weighted by atomic mass is 10.1. The van der Waals surface area contributed by atoms with Crippen molar-refractivity contribution in [1.82, 2.24) is 0 Å². The standard InChI is InChI=1S/C20H14O2/c1-15-3-7-17(8-4-15)11-13-19(21)20(22)14-12-18-9-5-16(2)6-10-18/h3-10H,1-2H3. The first kappa shape index (κ1) is 15.3. The van der Waals surface area contributed by atoms with Gasteiger partial charge in [-0.25, -0.2) is 0 Å². The third-order valence-corrected chi connectivity index (χ3v) is 2.95. The number of Topliss-reactive ketones (excluding diaryl/α,β-unsaturated/α-hetero) is 2. The van der Waals surface area contributed by atoms with Crippen molar-refractivity contribution in [3.63, 3.8) is 0 Å². The molecular formula is C20H14O2. The van der Waals surface area contributed by atoms with Gasteiger partial charge in [-0.3, -0.25) is 9.59 Å². The summed E-state index contributed by atoms with van der Waals surface area (Å²) in [6.45, 7) is 3.93. The van der Waals surface area contributed by atoms with Crippen molar-refractivity contribution < 1.29 is 9.59 Å². The van der Waals surface area contributed by atoms with Crippen LogP contribution in [0.5, 0.6) is 0 Å². The van der Waals surface area contributed by atoms with Crippen LogP contribution in [0.1, 0.15) is 22.3 Å². The van der Waals surface area contributed by atoms with Gasteiger partial charge in [0.15, 0.2) is 0 Å². The van der Waals surface area contributed by atoms with Crippen molar-refractivity contribution in [2.75, 3.05) is 0 Å². The summed E-state index contributed by atoms with van der Waals surface area (Å²) in [6.07, 6.45) is 0. The fourth-order valence-electron chi connectivity index (χ4n) is 1.65. The minimum absolute atomic E-state index is 0.693. The monoisotopic (exact) mass is 286 g/mol. The number of hydrogen-bond acceptors (Lipinski definition) is 2. The van der Waals surface area contributed by atoms with Gasteiger partial charge in [0, 0.05) is 11.1 Å². The van der Waals surface area contributed by atoms with Gasteiger partial charge < -0.3 is 0 Å². The molecule has 2 rings (SSSR count). The van der Waals surface area contributed by atoms with Gasteiger partial charge in [-0.2, -0.15) is 0 Å². The van der Waals surface area contributed by atoms with Gasteiger partial charge >= 0.3 is 0 Å². The molecule has 22 heavy (non-hydrogen) atoms. The lowest BCUT2D eigenvalue weighted by Gasteiger charge is -1.91. The molecule has 0 bridgehead atoms. The van der Waals surface area contributed by atoms with Crippen LogP contribution in [0, 0.1) is 37.5 Å². The highest BCUT2D eigenvalue weighted by Crippen LogP contribution is 2.01. The lowest BCUT2D eigenvalue weighted by Crippen LogP contribution is -2.08. The van der Waals surface area contributed by atoms with E-state index in [0.717, 1.165) is 11.1 Å². The van der Waals surface area contributed by atoms with Crippen LogP contribution in [0.15, 0.2) is 48.5 Å². The number of ketones is 2. The molecule has 106 valence electrons. The topological polar surface area (TPSA) is 34.1 Å². The van der Waals surface area contributed by atoms with Crippen molar-refractivity contribution in [3.8, 4) is 23.7 Å². The van der Waals surface area contributed by atoms with E-state index in [1.165, 1.54) is 0 Å². The molecular weight excluding hydrogens is 272 g/mol. The molecule has 0 aromatic heterocycles. The Kier molecular flexibility index (Phi) is 4.91. The lowest BCUT2D eigenvalue weighted by molar-refractivity contribution is -0.129. The number of aryl methyl sites for hydroxylation is 2. The average Bonchev–Trinajstić information content (AvgIpc) is 2.53. The van der Waals surface area contributed by atoms with E-state index in [1.54, 1.807) is 24.3 Å². The summed E-state index contributed by atoms with van der Waals surface area (Å²) in [7, 11) is 0. The van der Waals surface area contributed by atoms with Gasteiger partial charge in [0.25, 0.3) is 11.6 Å². The van der Waals surface area contributed by atoms with Gasteiger partial charge in [-0.1, -0.05) is 47.2 Å². The summed E-state index contributed by atoms with van der Waals surface area (Å²) in [5, 5.41) is 0. The predicted molar refractivity (Wildman–Crippen MR) is 86.1 cm³/mol. The first-order valence-corrected chi connectivity index (χ1v) is 6.80. The van der Waals surface area contributed by atoms with Crippen molar-refractivity contribution >= 4 is 11.6 Å². The molecule has 2 nitrogen and oxygen atoms in total. The molecule has 0 N–H and O–H groups in total. The number of benzene rings is 2. The molecule has 0 atom stereocenters. The first-order valence-electron chi connectivity index (χ1n) is 6.80. The van der Waals surface area contributed by atoms with Gasteiger partial charge in [0.2, 0.25) is 0 Å². The highest BCUT2D eigenvalue weighted by atomic mass is 16.2. The summed E-state index contributed by atoms with van der Waals surface area (Å²) in [5.74, 6) is 8.40. The molecule has 2 heteroatoms. The fourth-order valence-corrected chi connectivity index (χ4v) is 1.65. The second kappa shape index (κ2) is 7.07. The van der Waals surface area contributed by atoms with Crippen LogP contribution < -0.4 is 0 Å². The Hall–Kier alpha value is -3.10. The van der Waals surface area contributed by atoms with Crippen LogP contribution in [0.25, 0.3) is 0 Å². The fraction of sp³-hybridized carbons (Fsp3) is 0.100. The van der Waals surface area contributed by atoms with E-state index in [1.807, 2.05) is 38.1 Å². The number of rotatable bonds is 1. The summed E-state index contributed by atoms with van der Waals surface area (Å²) < 4.78 is 0. The van der Waals surface area contributed by atoms with Crippen molar-refractivity contribution in [2.45, 2.75) is 13.8 Å². The highest BCUT2D eigenvalue weighted by Gasteiger charge is 2.06. The maximum Gasteiger partial charge on any atom is 0.285 e. The smallest absolute Gasteiger partial charge is 0.275 e. The van der Waals surface area contributed by atoms with E-state index >= 15 is 0 Å². The van der Waals surface area contributed by atoms with Crippen molar-refractivity contribution in [3.05, 3.63) is 70.8 Å². The molecule has 0 aliphatic rings. The van der Waals surface area contributed by atoms with E-state index in [4.69, 9.17) is 0 Å². The minimum atomic E-state index is -0.791. The van der Waals surface area contributed by atoms with E-state index in [2.05, 4.69) is 23.7 Å². The molecule has 0 fully saturated rings. The second-order valence-corrected chi connectivity index (χ2v) is 4.89. The Balaban J connectivity index is 2.06. The summed E-state index contributed by atoms with van der Waals surface area (Å²) >= 11 is 0. The van der Waals surface area contributed by atoms with Crippen LogP contribution in [0.4, 0.5) is 0 Å². The summed E-state index contributed by atoms with van der Waals surface area (Å²) in [5.41, 5.74) is 3.60. The molecule has 0 saturated carbocycles. The number of carbonyl (C=O) groups is 2. The predicted octanol–water partition coefficient (Wildman–Crippen LogP) is 2.84. The Bertz CT molecular complexity index is 744. The minimum Gasteiger partial charge on any atom is -0.275 e. The van der Waals surface area contributed by atoms with Crippen LogP contribution in [-0.2, 0) is 9.59 Å². The zero-order valence-electron chi connectivity index (χ0n) is 12.4. The molecule has 0 aliphatic carbocycles. The second-order valence-electron chi connectivity index (χ2n) is 4.89. The molecule has 0 heterocycles. The van der Waals surface area contributed by atoms with E-state index in [9.17, 15) is 9.59 Å². The van der Waals surface area contributed by atoms with Gasteiger partial charge in [0.05, 0.1) is 0 Å².